The Balaban J connectivity index is 2.72. The van der Waals surface area contributed by atoms with E-state index in [4.69, 9.17) is 5.11 Å². The number of carbonyl (C=O) groups excluding carboxylic acids is 1. The van der Waals surface area contributed by atoms with Gasteiger partial charge in [0.15, 0.2) is 9.84 Å². The molecule has 0 spiro atoms. The Bertz CT molecular complexity index is 665. The molecule has 2 N–H and O–H groups in total. The van der Waals surface area contributed by atoms with Gasteiger partial charge in [-0.3, -0.25) is 4.79 Å². The van der Waals surface area contributed by atoms with E-state index in [2.05, 4.69) is 5.32 Å². The molecule has 1 aromatic rings. The molecule has 0 bridgehead atoms. The number of carboxylic acid groups (broad SMARTS) is 1. The lowest BCUT2D eigenvalue weighted by atomic mass is 10.1. The van der Waals surface area contributed by atoms with Gasteiger partial charge in [-0.25, -0.2) is 13.2 Å². The minimum Gasteiger partial charge on any atom is -0.480 e. The Kier molecular flexibility index (Phi) is 7.41. The number of carbonyl (C=O) groups is 2. The van der Waals surface area contributed by atoms with Crippen molar-refractivity contribution in [1.29, 1.82) is 0 Å². The first kappa shape index (κ1) is 20.2. The fourth-order valence-corrected chi connectivity index (χ4v) is 3.23. The molecule has 0 aliphatic rings. The standard InChI is InChI=1S/C17H25NO5S/c1-4-5-6-15(17(20)21)18-16(19)11-13-7-9-14(10-8-13)24(22,23)12(2)3/h7-10,12,15H,4-6,11H2,1-3H3,(H,18,19)(H,20,21). The summed E-state index contributed by atoms with van der Waals surface area (Å²) in [4.78, 5) is 23.3. The van der Waals surface area contributed by atoms with E-state index in [1.165, 1.54) is 12.1 Å². The zero-order valence-electron chi connectivity index (χ0n) is 14.3. The molecule has 0 aliphatic carbocycles. The Morgan fingerprint density at radius 1 is 1.17 bits per heavy atom. The van der Waals surface area contributed by atoms with Gasteiger partial charge in [0, 0.05) is 0 Å². The average molecular weight is 355 g/mol. The molecule has 134 valence electrons. The van der Waals surface area contributed by atoms with Crippen LogP contribution in [0.3, 0.4) is 0 Å². The molecule has 1 aromatic carbocycles. The van der Waals surface area contributed by atoms with Gasteiger partial charge in [-0.05, 0) is 38.0 Å². The summed E-state index contributed by atoms with van der Waals surface area (Å²) >= 11 is 0. The van der Waals surface area contributed by atoms with E-state index in [-0.39, 0.29) is 11.3 Å². The molecular formula is C17H25NO5S. The quantitative estimate of drug-likeness (QED) is 0.707. The molecule has 0 fully saturated rings. The van der Waals surface area contributed by atoms with Gasteiger partial charge in [0.1, 0.15) is 6.04 Å². The maximum Gasteiger partial charge on any atom is 0.326 e. The van der Waals surface area contributed by atoms with Crippen LogP contribution in [0.5, 0.6) is 0 Å². The predicted octanol–water partition coefficient (Wildman–Crippen LogP) is 2.17. The summed E-state index contributed by atoms with van der Waals surface area (Å²) in [6.45, 7) is 5.17. The minimum atomic E-state index is -3.34. The molecule has 1 atom stereocenters. The highest BCUT2D eigenvalue weighted by atomic mass is 32.2. The summed E-state index contributed by atoms with van der Waals surface area (Å²) in [5, 5.41) is 11.1. The second kappa shape index (κ2) is 8.82. The van der Waals surface area contributed by atoms with Crippen LogP contribution in [0.1, 0.15) is 45.6 Å². The van der Waals surface area contributed by atoms with E-state index in [9.17, 15) is 18.0 Å². The molecule has 6 nitrogen and oxygen atoms in total. The highest BCUT2D eigenvalue weighted by molar-refractivity contribution is 7.92. The zero-order valence-corrected chi connectivity index (χ0v) is 15.1. The summed E-state index contributed by atoms with van der Waals surface area (Å²) in [5.41, 5.74) is 0.634. The third-order valence-electron chi connectivity index (χ3n) is 3.72. The van der Waals surface area contributed by atoms with Gasteiger partial charge in [0.05, 0.1) is 16.6 Å². The van der Waals surface area contributed by atoms with Crippen LogP contribution in [0.25, 0.3) is 0 Å². The second-order valence-electron chi connectivity index (χ2n) is 6.02. The first-order chi connectivity index (χ1) is 11.2. The average Bonchev–Trinajstić information content (AvgIpc) is 2.51. The van der Waals surface area contributed by atoms with Crippen LogP contribution in [0.15, 0.2) is 29.2 Å². The summed E-state index contributed by atoms with van der Waals surface area (Å²) in [7, 11) is -3.34. The highest BCUT2D eigenvalue weighted by Crippen LogP contribution is 2.16. The van der Waals surface area contributed by atoms with Crippen molar-refractivity contribution in [2.24, 2.45) is 0 Å². The van der Waals surface area contributed by atoms with Crippen LogP contribution < -0.4 is 5.32 Å². The van der Waals surface area contributed by atoms with Crippen LogP contribution in [-0.2, 0) is 25.8 Å². The lowest BCUT2D eigenvalue weighted by molar-refractivity contribution is -0.142. The van der Waals surface area contributed by atoms with E-state index in [0.29, 0.717) is 12.0 Å². The van der Waals surface area contributed by atoms with Gasteiger partial charge in [-0.1, -0.05) is 31.9 Å². The lowest BCUT2D eigenvalue weighted by Crippen LogP contribution is -2.41. The van der Waals surface area contributed by atoms with E-state index in [1.54, 1.807) is 26.0 Å². The number of unbranched alkanes of at least 4 members (excludes halogenated alkanes) is 1. The first-order valence-electron chi connectivity index (χ1n) is 8.03. The van der Waals surface area contributed by atoms with Crippen LogP contribution in [0.2, 0.25) is 0 Å². The molecule has 24 heavy (non-hydrogen) atoms. The number of sulfone groups is 1. The topological polar surface area (TPSA) is 101 Å². The van der Waals surface area contributed by atoms with Crippen molar-refractivity contribution in [1.82, 2.24) is 5.32 Å². The van der Waals surface area contributed by atoms with Gasteiger partial charge >= 0.3 is 5.97 Å². The van der Waals surface area contributed by atoms with Gasteiger partial charge in [-0.2, -0.15) is 0 Å². The first-order valence-corrected chi connectivity index (χ1v) is 9.58. The SMILES string of the molecule is CCCCC(NC(=O)Cc1ccc(S(=O)(=O)C(C)C)cc1)C(=O)O. The Morgan fingerprint density at radius 3 is 2.21 bits per heavy atom. The third-order valence-corrected chi connectivity index (χ3v) is 5.89. The zero-order chi connectivity index (χ0) is 18.3. The molecule has 0 saturated carbocycles. The smallest absolute Gasteiger partial charge is 0.326 e. The van der Waals surface area contributed by atoms with Gasteiger partial charge in [0.2, 0.25) is 5.91 Å². The molecule has 0 aromatic heterocycles. The fraction of sp³-hybridized carbons (Fsp3) is 0.529. The largest absolute Gasteiger partial charge is 0.480 e. The molecule has 0 saturated heterocycles. The number of amides is 1. The Morgan fingerprint density at radius 2 is 1.75 bits per heavy atom. The molecule has 0 heterocycles. The van der Waals surface area contributed by atoms with E-state index < -0.39 is 33.0 Å². The predicted molar refractivity (Wildman–Crippen MR) is 91.6 cm³/mol. The number of benzene rings is 1. The summed E-state index contributed by atoms with van der Waals surface area (Å²) in [5.74, 6) is -1.44. The summed E-state index contributed by atoms with van der Waals surface area (Å²) in [6.07, 6.45) is 1.98. The van der Waals surface area contributed by atoms with Crippen molar-refractivity contribution in [2.75, 3.05) is 0 Å². The lowest BCUT2D eigenvalue weighted by Gasteiger charge is -2.14. The molecule has 0 radical (unpaired) electrons. The molecule has 0 aliphatic heterocycles. The van der Waals surface area contributed by atoms with Crippen molar-refractivity contribution < 1.29 is 23.1 Å². The van der Waals surface area contributed by atoms with Crippen molar-refractivity contribution >= 4 is 21.7 Å². The van der Waals surface area contributed by atoms with E-state index in [1.807, 2.05) is 6.92 Å². The van der Waals surface area contributed by atoms with E-state index >= 15 is 0 Å². The summed E-state index contributed by atoms with van der Waals surface area (Å²) in [6, 6.07) is 5.22. The van der Waals surface area contributed by atoms with Crippen LogP contribution in [-0.4, -0.2) is 36.7 Å². The number of hydrogen-bond acceptors (Lipinski definition) is 4. The fourth-order valence-electron chi connectivity index (χ4n) is 2.17. The van der Waals surface area contributed by atoms with Crippen LogP contribution in [0, 0.1) is 0 Å². The van der Waals surface area contributed by atoms with Crippen molar-refractivity contribution in [2.45, 2.75) is 62.6 Å². The van der Waals surface area contributed by atoms with Gasteiger partial charge in [0.25, 0.3) is 0 Å². The van der Waals surface area contributed by atoms with Crippen molar-refractivity contribution in [3.8, 4) is 0 Å². The number of carboxylic acids is 1. The van der Waals surface area contributed by atoms with Gasteiger partial charge in [-0.15, -0.1) is 0 Å². The number of hydrogen-bond donors (Lipinski definition) is 2. The maximum atomic E-state index is 12.0. The number of nitrogens with one attached hydrogen (secondary N) is 1. The normalized spacial score (nSPS) is 12.8. The molecule has 1 rings (SSSR count). The molecule has 1 unspecified atom stereocenters. The number of aliphatic carboxylic acids is 1. The monoisotopic (exact) mass is 355 g/mol. The molecule has 7 heteroatoms. The van der Waals surface area contributed by atoms with Crippen LogP contribution >= 0.6 is 0 Å². The highest BCUT2D eigenvalue weighted by Gasteiger charge is 2.20. The third kappa shape index (κ3) is 5.63. The van der Waals surface area contributed by atoms with Crippen molar-refractivity contribution in [3.05, 3.63) is 29.8 Å². The minimum absolute atomic E-state index is 0.0118. The van der Waals surface area contributed by atoms with E-state index in [0.717, 1.165) is 12.8 Å². The second-order valence-corrected chi connectivity index (χ2v) is 8.52. The molecule has 1 amide bonds. The van der Waals surface area contributed by atoms with Crippen molar-refractivity contribution in [3.63, 3.8) is 0 Å². The van der Waals surface area contributed by atoms with Gasteiger partial charge < -0.3 is 10.4 Å². The molecular weight excluding hydrogens is 330 g/mol. The Hall–Kier alpha value is -1.89. The maximum absolute atomic E-state index is 12.0. The Labute approximate surface area is 143 Å². The summed E-state index contributed by atoms with van der Waals surface area (Å²) < 4.78 is 24.1. The van der Waals surface area contributed by atoms with Crippen LogP contribution in [0.4, 0.5) is 0 Å². The number of rotatable bonds is 9.